The largest absolute Gasteiger partial charge is 0.480 e. The Hall–Kier alpha value is -2.89. The molecule has 162 valence electrons. The van der Waals surface area contributed by atoms with Crippen LogP contribution in [0.5, 0.6) is 5.88 Å². The van der Waals surface area contributed by atoms with Crippen LogP contribution in [0.2, 0.25) is 0 Å². The number of nitrogens with zero attached hydrogens (tertiary/aromatic N) is 4. The van der Waals surface area contributed by atoms with Gasteiger partial charge in [0.2, 0.25) is 11.8 Å². The second kappa shape index (κ2) is 8.69. The first-order valence-corrected chi connectivity index (χ1v) is 11.5. The lowest BCUT2D eigenvalue weighted by Crippen LogP contribution is -2.21. The molecule has 0 unspecified atom stereocenters. The fourth-order valence-electron chi connectivity index (χ4n) is 4.90. The van der Waals surface area contributed by atoms with Crippen molar-refractivity contribution in [2.75, 3.05) is 19.0 Å². The maximum absolute atomic E-state index is 5.79. The molecule has 31 heavy (non-hydrogen) atoms. The van der Waals surface area contributed by atoms with Crippen LogP contribution in [0.15, 0.2) is 36.7 Å². The quantitative estimate of drug-likeness (QED) is 0.623. The highest BCUT2D eigenvalue weighted by Gasteiger charge is 2.23. The van der Waals surface area contributed by atoms with E-state index in [0.717, 1.165) is 59.6 Å². The average Bonchev–Trinajstić information content (AvgIpc) is 3.16. The van der Waals surface area contributed by atoms with Gasteiger partial charge in [-0.05, 0) is 73.3 Å². The summed E-state index contributed by atoms with van der Waals surface area (Å²) < 4.78 is 7.67. The summed E-state index contributed by atoms with van der Waals surface area (Å²) in [5, 5.41) is 7.83. The number of anilines is 1. The predicted octanol–water partition coefficient (Wildman–Crippen LogP) is 5.14. The molecule has 6 heteroatoms. The standard InChI is InChI=1S/C25H31N5O/c1-17-7-9-18(10-8-17)16-26-25-28-22-6-4-3-5-21(23(22)24(29-25)31-2)19-12-14-30-20(15-19)11-13-27-30/h5,11-15,17-18H,3-4,6-10,16H2,1-2H3,(H,26,28,29). The Balaban J connectivity index is 1.45. The van der Waals surface area contributed by atoms with Crippen molar-refractivity contribution in [3.05, 3.63) is 53.5 Å². The number of allylic oxidation sites excluding steroid dienone is 1. The zero-order valence-corrected chi connectivity index (χ0v) is 18.5. The van der Waals surface area contributed by atoms with Gasteiger partial charge in [0.25, 0.3) is 0 Å². The van der Waals surface area contributed by atoms with Crippen molar-refractivity contribution in [2.45, 2.75) is 51.9 Å². The summed E-state index contributed by atoms with van der Waals surface area (Å²) in [6.45, 7) is 3.30. The van der Waals surface area contributed by atoms with Crippen molar-refractivity contribution in [1.29, 1.82) is 0 Å². The lowest BCUT2D eigenvalue weighted by molar-refractivity contribution is 0.300. The Bertz CT molecular complexity index is 1090. The highest BCUT2D eigenvalue weighted by molar-refractivity contribution is 5.85. The first kappa shape index (κ1) is 20.0. The normalized spacial score (nSPS) is 21.3. The van der Waals surface area contributed by atoms with Crippen LogP contribution in [0, 0.1) is 11.8 Å². The molecule has 0 atom stereocenters. The number of aryl methyl sites for hydroxylation is 1. The molecule has 6 nitrogen and oxygen atoms in total. The molecular weight excluding hydrogens is 386 g/mol. The lowest BCUT2D eigenvalue weighted by Gasteiger charge is -2.26. The molecule has 0 bridgehead atoms. The van der Waals surface area contributed by atoms with Gasteiger partial charge >= 0.3 is 0 Å². The van der Waals surface area contributed by atoms with E-state index in [1.165, 1.54) is 25.7 Å². The third-order valence-corrected chi connectivity index (χ3v) is 6.77. The Labute approximate surface area is 183 Å². The van der Waals surface area contributed by atoms with E-state index in [1.54, 1.807) is 7.11 Å². The molecule has 0 spiro atoms. The Morgan fingerprint density at radius 1 is 1.16 bits per heavy atom. The van der Waals surface area contributed by atoms with Crippen molar-refractivity contribution in [3.63, 3.8) is 0 Å². The minimum Gasteiger partial charge on any atom is -0.480 e. The van der Waals surface area contributed by atoms with Gasteiger partial charge in [0, 0.05) is 18.9 Å². The molecule has 5 rings (SSSR count). The molecule has 3 aromatic rings. The molecule has 0 aromatic carbocycles. The number of pyridine rings is 1. The highest BCUT2D eigenvalue weighted by Crippen LogP contribution is 2.37. The average molecular weight is 418 g/mol. The topological polar surface area (TPSA) is 64.3 Å². The summed E-state index contributed by atoms with van der Waals surface area (Å²) in [6.07, 6.45) is 14.4. The van der Waals surface area contributed by atoms with Crippen molar-refractivity contribution < 1.29 is 4.74 Å². The summed E-state index contributed by atoms with van der Waals surface area (Å²) in [6, 6.07) is 6.30. The van der Waals surface area contributed by atoms with E-state index in [1.807, 2.05) is 23.0 Å². The third-order valence-electron chi connectivity index (χ3n) is 6.77. The summed E-state index contributed by atoms with van der Waals surface area (Å²) >= 11 is 0. The number of ether oxygens (including phenoxy) is 1. The van der Waals surface area contributed by atoms with Gasteiger partial charge in [-0.2, -0.15) is 10.1 Å². The van der Waals surface area contributed by atoms with Crippen LogP contribution in [0.3, 0.4) is 0 Å². The van der Waals surface area contributed by atoms with Gasteiger partial charge in [0.15, 0.2) is 0 Å². The van der Waals surface area contributed by atoms with Crippen LogP contribution >= 0.6 is 0 Å². The fraction of sp³-hybridized carbons (Fsp3) is 0.480. The SMILES string of the molecule is COc1nc(NCC2CCC(C)CC2)nc2c1C(c1ccn3nccc3c1)=CCCC2. The van der Waals surface area contributed by atoms with Crippen LogP contribution < -0.4 is 10.1 Å². The van der Waals surface area contributed by atoms with Crippen LogP contribution in [0.1, 0.15) is 62.3 Å². The van der Waals surface area contributed by atoms with E-state index in [4.69, 9.17) is 14.7 Å². The highest BCUT2D eigenvalue weighted by atomic mass is 16.5. The summed E-state index contributed by atoms with van der Waals surface area (Å²) in [5.74, 6) is 2.93. The van der Waals surface area contributed by atoms with Gasteiger partial charge < -0.3 is 10.1 Å². The summed E-state index contributed by atoms with van der Waals surface area (Å²) in [5.41, 5.74) is 5.48. The van der Waals surface area contributed by atoms with Gasteiger partial charge in [0.1, 0.15) is 0 Å². The number of hydrogen-bond donors (Lipinski definition) is 1. The van der Waals surface area contributed by atoms with Gasteiger partial charge in [-0.25, -0.2) is 9.50 Å². The first-order valence-electron chi connectivity index (χ1n) is 11.5. The third kappa shape index (κ3) is 4.16. The molecule has 3 heterocycles. The molecule has 2 aliphatic carbocycles. The molecule has 0 aliphatic heterocycles. The van der Waals surface area contributed by atoms with Gasteiger partial charge in [-0.15, -0.1) is 0 Å². The zero-order valence-electron chi connectivity index (χ0n) is 18.5. The summed E-state index contributed by atoms with van der Waals surface area (Å²) in [4.78, 5) is 9.72. The summed E-state index contributed by atoms with van der Waals surface area (Å²) in [7, 11) is 1.71. The van der Waals surface area contributed by atoms with Crippen molar-refractivity contribution in [1.82, 2.24) is 19.6 Å². The van der Waals surface area contributed by atoms with Gasteiger partial charge in [-0.3, -0.25) is 0 Å². The molecule has 0 saturated heterocycles. The second-order valence-electron chi connectivity index (χ2n) is 9.01. The molecular formula is C25H31N5O. The Morgan fingerprint density at radius 2 is 2.03 bits per heavy atom. The van der Waals surface area contributed by atoms with E-state index >= 15 is 0 Å². The number of methoxy groups -OCH3 is 1. The fourth-order valence-corrected chi connectivity index (χ4v) is 4.90. The molecule has 1 N–H and O–H groups in total. The molecule has 1 fully saturated rings. The Morgan fingerprint density at radius 3 is 2.87 bits per heavy atom. The Kier molecular flexibility index (Phi) is 5.62. The lowest BCUT2D eigenvalue weighted by atomic mass is 9.83. The van der Waals surface area contributed by atoms with Crippen LogP contribution in [0.25, 0.3) is 11.1 Å². The van der Waals surface area contributed by atoms with Crippen LogP contribution in [-0.4, -0.2) is 33.2 Å². The minimum absolute atomic E-state index is 0.659. The number of aromatic nitrogens is 4. The monoisotopic (exact) mass is 417 g/mol. The van der Waals surface area contributed by atoms with Gasteiger partial charge in [0.05, 0.1) is 23.9 Å². The van der Waals surface area contributed by atoms with E-state index in [-0.39, 0.29) is 0 Å². The first-order chi connectivity index (χ1) is 15.2. The van der Waals surface area contributed by atoms with Gasteiger partial charge in [-0.1, -0.05) is 25.8 Å². The van der Waals surface area contributed by atoms with E-state index in [0.29, 0.717) is 17.7 Å². The number of nitrogens with one attached hydrogen (secondary N) is 1. The van der Waals surface area contributed by atoms with Crippen LogP contribution in [0.4, 0.5) is 5.95 Å². The molecule has 0 radical (unpaired) electrons. The van der Waals surface area contributed by atoms with E-state index < -0.39 is 0 Å². The predicted molar refractivity (Wildman–Crippen MR) is 123 cm³/mol. The zero-order chi connectivity index (χ0) is 21.2. The minimum atomic E-state index is 0.659. The molecule has 0 amide bonds. The smallest absolute Gasteiger partial charge is 0.226 e. The maximum atomic E-state index is 5.79. The van der Waals surface area contributed by atoms with Crippen LogP contribution in [-0.2, 0) is 6.42 Å². The molecule has 1 saturated carbocycles. The van der Waals surface area contributed by atoms with E-state index in [2.05, 4.69) is 35.5 Å². The second-order valence-corrected chi connectivity index (χ2v) is 9.01. The van der Waals surface area contributed by atoms with E-state index in [9.17, 15) is 0 Å². The number of rotatable bonds is 5. The van der Waals surface area contributed by atoms with Crippen molar-refractivity contribution in [2.24, 2.45) is 11.8 Å². The van der Waals surface area contributed by atoms with Crippen molar-refractivity contribution >= 4 is 17.0 Å². The molecule has 2 aliphatic rings. The maximum Gasteiger partial charge on any atom is 0.226 e. The number of fused-ring (bicyclic) bond motifs is 2. The number of hydrogen-bond acceptors (Lipinski definition) is 5. The molecule has 3 aromatic heterocycles. The van der Waals surface area contributed by atoms with Crippen molar-refractivity contribution in [3.8, 4) is 5.88 Å².